The van der Waals surface area contributed by atoms with Gasteiger partial charge in [0.15, 0.2) is 12.4 Å². The summed E-state index contributed by atoms with van der Waals surface area (Å²) in [5, 5.41) is 7.02. The fourth-order valence-corrected chi connectivity index (χ4v) is 3.75. The minimum Gasteiger partial charge on any atom is -0.459 e. The van der Waals surface area contributed by atoms with E-state index in [0.717, 1.165) is 11.4 Å². The number of carbonyl (C=O) groups excluding carboxylic acids is 3. The highest BCUT2D eigenvalue weighted by atomic mass is 16.5. The molecule has 0 unspecified atom stereocenters. The van der Waals surface area contributed by atoms with Gasteiger partial charge in [-0.2, -0.15) is 9.78 Å². The molecule has 0 radical (unpaired) electrons. The molecule has 0 aromatic carbocycles. The molecule has 172 valence electrons. The molecule has 1 fully saturated rings. The monoisotopic (exact) mass is 452 g/mol. The highest BCUT2D eigenvalue weighted by molar-refractivity contribution is 5.96. The van der Waals surface area contributed by atoms with Crippen molar-refractivity contribution in [3.05, 3.63) is 53.4 Å². The number of hydrogen-bond donors (Lipinski definition) is 1. The standard InChI is InChI=1S/C22H24N6O5/c1-13-10-14(2)24-22(23-13)28-18(11-15(3)26-28)25-19(29)12-33-21(31)16-6-4-8-27(16)20(30)17-7-5-9-32-17/h5,7,9-11,16H,4,6,8,12H2,1-3H3,(H,25,29)/t16-/m0/s1. The van der Waals surface area contributed by atoms with Crippen molar-refractivity contribution in [2.75, 3.05) is 18.5 Å². The van der Waals surface area contributed by atoms with E-state index in [1.54, 1.807) is 25.1 Å². The first kappa shape index (κ1) is 22.2. The molecule has 4 rings (SSSR count). The van der Waals surface area contributed by atoms with Gasteiger partial charge < -0.3 is 19.4 Å². The third kappa shape index (κ3) is 4.92. The van der Waals surface area contributed by atoms with Crippen LogP contribution in [0.2, 0.25) is 0 Å². The fraction of sp³-hybridized carbons (Fsp3) is 0.364. The summed E-state index contributed by atoms with van der Waals surface area (Å²) < 4.78 is 11.8. The van der Waals surface area contributed by atoms with Crippen molar-refractivity contribution in [3.8, 4) is 5.95 Å². The Hall–Kier alpha value is -4.02. The molecule has 0 saturated carbocycles. The van der Waals surface area contributed by atoms with Crippen LogP contribution in [0.3, 0.4) is 0 Å². The Bertz CT molecular complexity index is 1170. The second-order valence-electron chi connectivity index (χ2n) is 7.82. The second-order valence-corrected chi connectivity index (χ2v) is 7.82. The van der Waals surface area contributed by atoms with E-state index >= 15 is 0 Å². The van der Waals surface area contributed by atoms with E-state index in [4.69, 9.17) is 9.15 Å². The van der Waals surface area contributed by atoms with Gasteiger partial charge in [-0.3, -0.25) is 9.59 Å². The lowest BCUT2D eigenvalue weighted by Crippen LogP contribution is -2.42. The van der Waals surface area contributed by atoms with Crippen LogP contribution >= 0.6 is 0 Å². The summed E-state index contributed by atoms with van der Waals surface area (Å²) in [6.07, 6.45) is 2.52. The van der Waals surface area contributed by atoms with Crippen LogP contribution in [0.25, 0.3) is 5.95 Å². The van der Waals surface area contributed by atoms with E-state index in [1.165, 1.54) is 15.8 Å². The lowest BCUT2D eigenvalue weighted by molar-refractivity contribution is -0.151. The average Bonchev–Trinajstić information content (AvgIpc) is 3.52. The first-order chi connectivity index (χ1) is 15.8. The lowest BCUT2D eigenvalue weighted by Gasteiger charge is -2.22. The first-order valence-corrected chi connectivity index (χ1v) is 10.5. The highest BCUT2D eigenvalue weighted by Crippen LogP contribution is 2.22. The van der Waals surface area contributed by atoms with Crippen LogP contribution in [-0.4, -0.2) is 61.6 Å². The number of nitrogens with zero attached hydrogens (tertiary/aromatic N) is 5. The first-order valence-electron chi connectivity index (χ1n) is 10.5. The number of hydrogen-bond acceptors (Lipinski definition) is 8. The predicted octanol–water partition coefficient (Wildman–Crippen LogP) is 1.97. The predicted molar refractivity (Wildman–Crippen MR) is 116 cm³/mol. The Morgan fingerprint density at radius 1 is 1.15 bits per heavy atom. The van der Waals surface area contributed by atoms with E-state index in [2.05, 4.69) is 20.4 Å². The summed E-state index contributed by atoms with van der Waals surface area (Å²) in [5.74, 6) is -0.720. The number of nitrogens with one attached hydrogen (secondary N) is 1. The number of esters is 1. The van der Waals surface area contributed by atoms with E-state index in [1.807, 2.05) is 19.9 Å². The smallest absolute Gasteiger partial charge is 0.329 e. The lowest BCUT2D eigenvalue weighted by atomic mass is 10.2. The number of amides is 2. The molecule has 2 amide bonds. The third-order valence-corrected chi connectivity index (χ3v) is 5.12. The Morgan fingerprint density at radius 3 is 2.61 bits per heavy atom. The van der Waals surface area contributed by atoms with Gasteiger partial charge in [-0.05, 0) is 51.8 Å². The molecule has 1 aliphatic rings. The summed E-state index contributed by atoms with van der Waals surface area (Å²) in [5.41, 5.74) is 2.19. The number of aromatic nitrogens is 4. The molecule has 11 nitrogen and oxygen atoms in total. The molecule has 1 N–H and O–H groups in total. The average molecular weight is 452 g/mol. The van der Waals surface area contributed by atoms with E-state index in [-0.39, 0.29) is 11.7 Å². The quantitative estimate of drug-likeness (QED) is 0.562. The summed E-state index contributed by atoms with van der Waals surface area (Å²) in [6, 6.07) is 5.89. The Balaban J connectivity index is 1.39. The third-order valence-electron chi connectivity index (χ3n) is 5.12. The summed E-state index contributed by atoms with van der Waals surface area (Å²) in [4.78, 5) is 47.8. The van der Waals surface area contributed by atoms with Crippen LogP contribution in [0.15, 0.2) is 34.9 Å². The van der Waals surface area contributed by atoms with Crippen molar-refractivity contribution in [2.45, 2.75) is 39.7 Å². The Morgan fingerprint density at radius 2 is 1.91 bits per heavy atom. The number of ether oxygens (including phenoxy) is 1. The molecule has 0 spiro atoms. The van der Waals surface area contributed by atoms with Gasteiger partial charge in [0.05, 0.1) is 12.0 Å². The maximum absolute atomic E-state index is 12.6. The van der Waals surface area contributed by atoms with Gasteiger partial charge in [-0.1, -0.05) is 0 Å². The zero-order chi connectivity index (χ0) is 23.5. The van der Waals surface area contributed by atoms with E-state index < -0.39 is 24.5 Å². The highest BCUT2D eigenvalue weighted by Gasteiger charge is 2.36. The van der Waals surface area contributed by atoms with Gasteiger partial charge in [0.1, 0.15) is 11.9 Å². The molecule has 4 heterocycles. The molecule has 1 atom stereocenters. The fourth-order valence-electron chi connectivity index (χ4n) is 3.75. The molecule has 11 heteroatoms. The van der Waals surface area contributed by atoms with Crippen LogP contribution < -0.4 is 5.32 Å². The topological polar surface area (TPSA) is 132 Å². The number of likely N-dealkylation sites (tertiary alicyclic amines) is 1. The maximum atomic E-state index is 12.6. The van der Waals surface area contributed by atoms with Crippen LogP contribution in [0, 0.1) is 20.8 Å². The molecule has 1 saturated heterocycles. The van der Waals surface area contributed by atoms with Gasteiger partial charge in [0, 0.05) is 24.0 Å². The molecular formula is C22H24N6O5. The SMILES string of the molecule is Cc1cc(C)nc(-n2nc(C)cc2NC(=O)COC(=O)[C@@H]2CCCN2C(=O)c2ccco2)n1. The van der Waals surface area contributed by atoms with E-state index in [9.17, 15) is 14.4 Å². The van der Waals surface area contributed by atoms with Crippen molar-refractivity contribution in [1.29, 1.82) is 0 Å². The zero-order valence-corrected chi connectivity index (χ0v) is 18.6. The largest absolute Gasteiger partial charge is 0.459 e. The van der Waals surface area contributed by atoms with E-state index in [0.29, 0.717) is 36.8 Å². The van der Waals surface area contributed by atoms with Crippen molar-refractivity contribution in [1.82, 2.24) is 24.6 Å². The Labute approximate surface area is 189 Å². The van der Waals surface area contributed by atoms with Crippen LogP contribution in [0.4, 0.5) is 5.82 Å². The van der Waals surface area contributed by atoms with Crippen LogP contribution in [0.5, 0.6) is 0 Å². The molecular weight excluding hydrogens is 428 g/mol. The number of carbonyl (C=O) groups is 3. The number of furan rings is 1. The molecule has 3 aromatic rings. The molecule has 33 heavy (non-hydrogen) atoms. The summed E-state index contributed by atoms with van der Waals surface area (Å²) in [6.45, 7) is 5.37. The van der Waals surface area contributed by atoms with Gasteiger partial charge >= 0.3 is 5.97 Å². The maximum Gasteiger partial charge on any atom is 0.329 e. The van der Waals surface area contributed by atoms with Crippen LogP contribution in [-0.2, 0) is 14.3 Å². The number of rotatable bonds is 6. The minimum absolute atomic E-state index is 0.157. The normalized spacial score (nSPS) is 15.5. The van der Waals surface area contributed by atoms with Gasteiger partial charge in [0.2, 0.25) is 0 Å². The van der Waals surface area contributed by atoms with Crippen molar-refractivity contribution in [3.63, 3.8) is 0 Å². The van der Waals surface area contributed by atoms with Gasteiger partial charge in [-0.25, -0.2) is 14.8 Å². The molecule has 1 aliphatic heterocycles. The molecule has 3 aromatic heterocycles. The molecule has 0 bridgehead atoms. The van der Waals surface area contributed by atoms with Crippen molar-refractivity contribution < 1.29 is 23.5 Å². The minimum atomic E-state index is -0.758. The summed E-state index contributed by atoms with van der Waals surface area (Å²) >= 11 is 0. The van der Waals surface area contributed by atoms with Crippen LogP contribution in [0.1, 0.15) is 40.5 Å². The molecule has 0 aliphatic carbocycles. The van der Waals surface area contributed by atoms with Gasteiger partial charge in [-0.15, -0.1) is 0 Å². The zero-order valence-electron chi connectivity index (χ0n) is 18.6. The number of anilines is 1. The van der Waals surface area contributed by atoms with Crippen molar-refractivity contribution in [2.24, 2.45) is 0 Å². The number of aryl methyl sites for hydroxylation is 3. The van der Waals surface area contributed by atoms with Gasteiger partial charge in [0.25, 0.3) is 17.8 Å². The van der Waals surface area contributed by atoms with Crippen molar-refractivity contribution >= 4 is 23.6 Å². The second kappa shape index (κ2) is 9.23. The Kier molecular flexibility index (Phi) is 6.20. The summed E-state index contributed by atoms with van der Waals surface area (Å²) in [7, 11) is 0.